The van der Waals surface area contributed by atoms with Gasteiger partial charge in [-0.15, -0.1) is 0 Å². The molecule has 25 heavy (non-hydrogen) atoms. The van der Waals surface area contributed by atoms with Crippen LogP contribution in [0.3, 0.4) is 0 Å². The molecule has 2 aliphatic rings. The van der Waals surface area contributed by atoms with Crippen LogP contribution in [0.2, 0.25) is 0 Å². The Labute approximate surface area is 150 Å². The molecule has 0 radical (unpaired) electrons. The maximum Gasteiger partial charge on any atom is 0.266 e. The smallest absolute Gasteiger partial charge is 0.266 e. The number of nitrogens with zero attached hydrogens (tertiary/aromatic N) is 2. The first-order valence-corrected chi connectivity index (χ1v) is 10.6. The van der Waals surface area contributed by atoms with Crippen LogP contribution in [-0.4, -0.2) is 49.3 Å². The molecule has 3 N–H and O–H groups in total. The van der Waals surface area contributed by atoms with E-state index < -0.39 is 10.0 Å². The van der Waals surface area contributed by atoms with Crippen molar-refractivity contribution in [3.8, 4) is 0 Å². The molecule has 1 heterocycles. The molecule has 1 saturated carbocycles. The van der Waals surface area contributed by atoms with E-state index in [4.69, 9.17) is 11.1 Å². The summed E-state index contributed by atoms with van der Waals surface area (Å²) in [4.78, 5) is 2.24. The van der Waals surface area contributed by atoms with Crippen LogP contribution < -0.4 is 5.73 Å². The minimum absolute atomic E-state index is 0.129. The highest BCUT2D eigenvalue weighted by molar-refractivity contribution is 7.89. The van der Waals surface area contributed by atoms with Crippen LogP contribution in [0.15, 0.2) is 29.2 Å². The molecule has 1 aromatic rings. The van der Waals surface area contributed by atoms with Gasteiger partial charge in [-0.05, 0) is 49.4 Å². The van der Waals surface area contributed by atoms with E-state index in [2.05, 4.69) is 6.92 Å². The zero-order chi connectivity index (χ0) is 18.0. The molecule has 2 fully saturated rings. The van der Waals surface area contributed by atoms with Crippen molar-refractivity contribution in [2.75, 3.05) is 19.6 Å². The summed E-state index contributed by atoms with van der Waals surface area (Å²) in [7, 11) is -3.67. The van der Waals surface area contributed by atoms with E-state index in [0.717, 1.165) is 31.2 Å². The fourth-order valence-corrected chi connectivity index (χ4v) is 5.38. The first kappa shape index (κ1) is 18.2. The van der Waals surface area contributed by atoms with E-state index in [-0.39, 0.29) is 16.9 Å². The van der Waals surface area contributed by atoms with Gasteiger partial charge in [0.2, 0.25) is 5.96 Å². The van der Waals surface area contributed by atoms with Crippen molar-refractivity contribution in [2.24, 2.45) is 11.7 Å². The Bertz CT molecular complexity index is 717. The van der Waals surface area contributed by atoms with Crippen molar-refractivity contribution in [2.45, 2.75) is 50.0 Å². The van der Waals surface area contributed by atoms with Crippen molar-refractivity contribution in [1.29, 1.82) is 5.41 Å². The van der Waals surface area contributed by atoms with Crippen molar-refractivity contribution in [3.05, 3.63) is 29.8 Å². The van der Waals surface area contributed by atoms with Gasteiger partial charge >= 0.3 is 0 Å². The maximum atomic E-state index is 13.0. The number of benzene rings is 1. The molecule has 0 amide bonds. The first-order valence-electron chi connectivity index (χ1n) is 9.12. The van der Waals surface area contributed by atoms with Gasteiger partial charge in [-0.2, -0.15) is 0 Å². The number of nitrogens with one attached hydrogen (secondary N) is 1. The van der Waals surface area contributed by atoms with Crippen molar-refractivity contribution in [3.63, 3.8) is 0 Å². The summed E-state index contributed by atoms with van der Waals surface area (Å²) < 4.78 is 27.2. The lowest BCUT2D eigenvalue weighted by atomic mass is 9.85. The Morgan fingerprint density at radius 2 is 1.84 bits per heavy atom. The molecule has 0 bridgehead atoms. The predicted molar refractivity (Wildman–Crippen MR) is 98.9 cm³/mol. The van der Waals surface area contributed by atoms with Crippen LogP contribution >= 0.6 is 0 Å². The molecule has 2 atom stereocenters. The summed E-state index contributed by atoms with van der Waals surface area (Å²) in [6, 6.07) is 7.15. The van der Waals surface area contributed by atoms with E-state index in [9.17, 15) is 8.42 Å². The highest BCUT2D eigenvalue weighted by Gasteiger charge is 2.40. The van der Waals surface area contributed by atoms with Crippen molar-refractivity contribution >= 4 is 16.0 Å². The molecule has 0 aromatic heterocycles. The Hall–Kier alpha value is -1.60. The number of hydrogen-bond acceptors (Lipinski definition) is 4. The predicted octanol–water partition coefficient (Wildman–Crippen LogP) is 2.01. The van der Waals surface area contributed by atoms with E-state index in [1.165, 1.54) is 10.7 Å². The average molecular weight is 365 g/mol. The molecule has 3 rings (SSSR count). The van der Waals surface area contributed by atoms with Crippen molar-refractivity contribution < 1.29 is 8.42 Å². The largest absolute Gasteiger partial charge is 0.337 e. The van der Waals surface area contributed by atoms with Crippen LogP contribution in [0.5, 0.6) is 0 Å². The second kappa shape index (κ2) is 7.33. The van der Waals surface area contributed by atoms with Gasteiger partial charge in [0.1, 0.15) is 0 Å². The molecule has 7 heteroatoms. The SMILES string of the molecule is CC1CCCCC1N1CCN(S(=O)(=O)c2ccc(CCN)cc2)C1=N. The molecule has 6 nitrogen and oxygen atoms in total. The normalized spacial score (nSPS) is 24.8. The van der Waals surface area contributed by atoms with Gasteiger partial charge in [-0.25, -0.2) is 12.7 Å². The zero-order valence-corrected chi connectivity index (χ0v) is 15.6. The second-order valence-electron chi connectivity index (χ2n) is 7.11. The van der Waals surface area contributed by atoms with Gasteiger partial charge in [0.15, 0.2) is 0 Å². The van der Waals surface area contributed by atoms with Crippen LogP contribution in [0.1, 0.15) is 38.2 Å². The van der Waals surface area contributed by atoms with Crippen LogP contribution in [0.25, 0.3) is 0 Å². The van der Waals surface area contributed by atoms with Gasteiger partial charge in [0, 0.05) is 12.6 Å². The molecule has 0 spiro atoms. The number of hydrogen-bond donors (Lipinski definition) is 2. The van der Waals surface area contributed by atoms with Gasteiger partial charge in [-0.3, -0.25) is 5.41 Å². The minimum Gasteiger partial charge on any atom is -0.337 e. The molecular formula is C18H28N4O2S. The first-order chi connectivity index (χ1) is 11.9. The summed E-state index contributed by atoms with van der Waals surface area (Å²) in [5.74, 6) is 0.636. The van der Waals surface area contributed by atoms with Gasteiger partial charge in [-0.1, -0.05) is 31.9 Å². The molecular weight excluding hydrogens is 336 g/mol. The van der Waals surface area contributed by atoms with Crippen LogP contribution in [0.4, 0.5) is 0 Å². The van der Waals surface area contributed by atoms with Gasteiger partial charge in [0.25, 0.3) is 10.0 Å². The third-order valence-electron chi connectivity index (χ3n) is 5.46. The number of guanidine groups is 1. The summed E-state index contributed by atoms with van der Waals surface area (Å²) in [5, 5.41) is 8.46. The molecule has 1 saturated heterocycles. The lowest BCUT2D eigenvalue weighted by Gasteiger charge is -2.37. The van der Waals surface area contributed by atoms with Crippen LogP contribution in [0, 0.1) is 11.3 Å². The Kier molecular flexibility index (Phi) is 5.34. The van der Waals surface area contributed by atoms with E-state index in [1.807, 2.05) is 4.90 Å². The summed E-state index contributed by atoms with van der Waals surface area (Å²) in [6.07, 6.45) is 5.33. The number of sulfonamides is 1. The molecule has 1 aliphatic heterocycles. The third kappa shape index (κ3) is 3.53. The standard InChI is InChI=1S/C18H28N4O2S/c1-14-4-2-3-5-17(14)21-12-13-22(18(21)20)25(23,24)16-8-6-15(7-9-16)10-11-19/h6-9,14,17,20H,2-5,10-13,19H2,1H3. The van der Waals surface area contributed by atoms with Crippen LogP contribution in [-0.2, 0) is 16.4 Å². The molecule has 138 valence electrons. The Morgan fingerprint density at radius 3 is 2.48 bits per heavy atom. The monoisotopic (exact) mass is 364 g/mol. The fourth-order valence-electron chi connectivity index (χ4n) is 3.99. The van der Waals surface area contributed by atoms with Gasteiger partial charge in [0.05, 0.1) is 11.4 Å². The van der Waals surface area contributed by atoms with E-state index >= 15 is 0 Å². The highest BCUT2D eigenvalue weighted by atomic mass is 32.2. The molecule has 2 unspecified atom stereocenters. The zero-order valence-electron chi connectivity index (χ0n) is 14.8. The maximum absolute atomic E-state index is 13.0. The minimum atomic E-state index is -3.67. The third-order valence-corrected chi connectivity index (χ3v) is 7.27. The fraction of sp³-hybridized carbons (Fsp3) is 0.611. The lowest BCUT2D eigenvalue weighted by molar-refractivity contribution is 0.192. The Balaban J connectivity index is 1.77. The summed E-state index contributed by atoms with van der Waals surface area (Å²) in [5.41, 5.74) is 6.56. The summed E-state index contributed by atoms with van der Waals surface area (Å²) in [6.45, 7) is 3.72. The van der Waals surface area contributed by atoms with E-state index in [1.54, 1.807) is 24.3 Å². The number of nitrogens with two attached hydrogens (primary N) is 1. The highest BCUT2D eigenvalue weighted by Crippen LogP contribution is 2.31. The average Bonchev–Trinajstić information content (AvgIpc) is 2.98. The number of rotatable bonds is 5. The summed E-state index contributed by atoms with van der Waals surface area (Å²) >= 11 is 0. The van der Waals surface area contributed by atoms with Crippen molar-refractivity contribution in [1.82, 2.24) is 9.21 Å². The molecule has 1 aromatic carbocycles. The molecule has 1 aliphatic carbocycles. The van der Waals surface area contributed by atoms with Gasteiger partial charge < -0.3 is 10.6 Å². The lowest BCUT2D eigenvalue weighted by Crippen LogP contribution is -2.45. The quantitative estimate of drug-likeness (QED) is 0.836. The Morgan fingerprint density at radius 1 is 1.16 bits per heavy atom. The second-order valence-corrected chi connectivity index (χ2v) is 8.97. The topological polar surface area (TPSA) is 90.5 Å². The van der Waals surface area contributed by atoms with E-state index in [0.29, 0.717) is 25.6 Å².